The van der Waals surface area contributed by atoms with Gasteiger partial charge in [-0.05, 0) is 6.92 Å². The summed E-state index contributed by atoms with van der Waals surface area (Å²) in [5.74, 6) is 1.08. The molecule has 0 radical (unpaired) electrons. The molecule has 0 amide bonds. The quantitative estimate of drug-likeness (QED) is 0.589. The van der Waals surface area contributed by atoms with E-state index in [4.69, 9.17) is 15.9 Å². The van der Waals surface area contributed by atoms with E-state index in [0.717, 1.165) is 5.56 Å². The van der Waals surface area contributed by atoms with Gasteiger partial charge in [-0.25, -0.2) is 9.97 Å². The molecule has 0 unspecified atom stereocenters. The largest absolute Gasteiger partial charge is 0.395 e. The third-order valence-corrected chi connectivity index (χ3v) is 2.14. The minimum atomic E-state index is 0.00332. The first-order valence-corrected chi connectivity index (χ1v) is 4.74. The van der Waals surface area contributed by atoms with E-state index < -0.39 is 0 Å². The van der Waals surface area contributed by atoms with Crippen LogP contribution in [0.4, 0.5) is 11.6 Å². The van der Waals surface area contributed by atoms with Crippen molar-refractivity contribution in [2.45, 2.75) is 6.92 Å². The van der Waals surface area contributed by atoms with E-state index in [9.17, 15) is 0 Å². The Hall–Kier alpha value is -1.40. The lowest BCUT2D eigenvalue weighted by atomic mass is 10.3. The average Bonchev–Trinajstić information content (AvgIpc) is 2.22. The second-order valence-electron chi connectivity index (χ2n) is 3.14. The van der Waals surface area contributed by atoms with E-state index in [-0.39, 0.29) is 13.2 Å². The van der Waals surface area contributed by atoms with Crippen molar-refractivity contribution in [3.63, 3.8) is 0 Å². The third kappa shape index (κ3) is 2.77. The van der Waals surface area contributed by atoms with Crippen molar-refractivity contribution in [1.82, 2.24) is 9.97 Å². The van der Waals surface area contributed by atoms with Crippen molar-refractivity contribution < 1.29 is 10.2 Å². The minimum absolute atomic E-state index is 0.00332. The molecule has 1 aromatic heterocycles. The van der Waals surface area contributed by atoms with Crippen molar-refractivity contribution in [3.05, 3.63) is 11.9 Å². The van der Waals surface area contributed by atoms with Crippen LogP contribution in [-0.4, -0.2) is 46.5 Å². The monoisotopic (exact) mass is 212 g/mol. The second-order valence-corrected chi connectivity index (χ2v) is 3.14. The molecule has 0 aromatic carbocycles. The van der Waals surface area contributed by atoms with E-state index >= 15 is 0 Å². The zero-order valence-corrected chi connectivity index (χ0v) is 8.72. The van der Waals surface area contributed by atoms with Gasteiger partial charge >= 0.3 is 0 Å². The van der Waals surface area contributed by atoms with Crippen molar-refractivity contribution in [2.24, 2.45) is 0 Å². The highest BCUT2D eigenvalue weighted by Gasteiger charge is 2.11. The van der Waals surface area contributed by atoms with Crippen molar-refractivity contribution in [1.29, 1.82) is 0 Å². The first kappa shape index (κ1) is 11.7. The van der Waals surface area contributed by atoms with Gasteiger partial charge in [-0.15, -0.1) is 0 Å². The van der Waals surface area contributed by atoms with Gasteiger partial charge in [0.15, 0.2) is 0 Å². The molecule has 4 N–H and O–H groups in total. The molecule has 6 heteroatoms. The van der Waals surface area contributed by atoms with Crippen LogP contribution in [0.1, 0.15) is 5.56 Å². The topological polar surface area (TPSA) is 95.5 Å². The molecule has 0 atom stereocenters. The Labute approximate surface area is 88.4 Å². The van der Waals surface area contributed by atoms with Gasteiger partial charge < -0.3 is 20.8 Å². The van der Waals surface area contributed by atoms with E-state index in [1.54, 1.807) is 4.90 Å². The van der Waals surface area contributed by atoms with Gasteiger partial charge in [0.05, 0.1) is 13.2 Å². The highest BCUT2D eigenvalue weighted by atomic mass is 16.3. The maximum atomic E-state index is 8.89. The average molecular weight is 212 g/mol. The summed E-state index contributed by atoms with van der Waals surface area (Å²) in [4.78, 5) is 9.72. The number of hydrogen-bond donors (Lipinski definition) is 3. The Morgan fingerprint density at radius 1 is 1.27 bits per heavy atom. The Morgan fingerprint density at radius 3 is 2.40 bits per heavy atom. The number of anilines is 2. The van der Waals surface area contributed by atoms with Crippen LogP contribution in [0.2, 0.25) is 0 Å². The van der Waals surface area contributed by atoms with Crippen molar-refractivity contribution >= 4 is 11.6 Å². The van der Waals surface area contributed by atoms with Crippen LogP contribution in [0.25, 0.3) is 0 Å². The summed E-state index contributed by atoms with van der Waals surface area (Å²) in [6.45, 7) is 2.65. The van der Waals surface area contributed by atoms with E-state index in [0.29, 0.717) is 24.7 Å². The number of nitrogens with zero attached hydrogens (tertiary/aromatic N) is 3. The Kier molecular flexibility index (Phi) is 4.26. The van der Waals surface area contributed by atoms with Crippen LogP contribution >= 0.6 is 0 Å². The van der Waals surface area contributed by atoms with Gasteiger partial charge in [0.25, 0.3) is 0 Å². The number of rotatable bonds is 5. The summed E-state index contributed by atoms with van der Waals surface area (Å²) in [6.07, 6.45) is 1.37. The SMILES string of the molecule is Cc1c(N)ncnc1N(CCO)CCO. The van der Waals surface area contributed by atoms with E-state index in [2.05, 4.69) is 9.97 Å². The summed E-state index contributed by atoms with van der Waals surface area (Å²) < 4.78 is 0. The van der Waals surface area contributed by atoms with Gasteiger partial charge in [0.2, 0.25) is 0 Å². The molecular formula is C9H16N4O2. The lowest BCUT2D eigenvalue weighted by Gasteiger charge is -2.23. The highest BCUT2D eigenvalue weighted by Crippen LogP contribution is 2.19. The fourth-order valence-electron chi connectivity index (χ4n) is 1.34. The maximum Gasteiger partial charge on any atom is 0.137 e. The molecule has 1 aromatic rings. The lowest BCUT2D eigenvalue weighted by molar-refractivity contribution is 0.280. The fraction of sp³-hybridized carbons (Fsp3) is 0.556. The van der Waals surface area contributed by atoms with Gasteiger partial charge in [-0.1, -0.05) is 0 Å². The number of aliphatic hydroxyl groups is 2. The number of aliphatic hydroxyl groups excluding tert-OH is 2. The maximum absolute atomic E-state index is 8.89. The molecule has 0 aliphatic heterocycles. The number of aromatic nitrogens is 2. The predicted molar refractivity (Wildman–Crippen MR) is 57.6 cm³/mol. The molecule has 15 heavy (non-hydrogen) atoms. The van der Waals surface area contributed by atoms with Crippen LogP contribution in [0.5, 0.6) is 0 Å². The molecule has 1 heterocycles. The smallest absolute Gasteiger partial charge is 0.137 e. The molecule has 0 saturated heterocycles. The normalized spacial score (nSPS) is 10.3. The van der Waals surface area contributed by atoms with E-state index in [1.807, 2.05) is 6.92 Å². The molecular weight excluding hydrogens is 196 g/mol. The Balaban J connectivity index is 2.94. The summed E-state index contributed by atoms with van der Waals surface area (Å²) in [5, 5.41) is 17.8. The summed E-state index contributed by atoms with van der Waals surface area (Å²) in [6, 6.07) is 0. The number of hydrogen-bond acceptors (Lipinski definition) is 6. The number of nitrogens with two attached hydrogens (primary N) is 1. The highest BCUT2D eigenvalue weighted by molar-refractivity contribution is 5.55. The van der Waals surface area contributed by atoms with E-state index in [1.165, 1.54) is 6.33 Å². The molecule has 6 nitrogen and oxygen atoms in total. The number of nitrogen functional groups attached to an aromatic ring is 1. The minimum Gasteiger partial charge on any atom is -0.395 e. The van der Waals surface area contributed by atoms with Gasteiger partial charge in [0, 0.05) is 18.7 Å². The zero-order chi connectivity index (χ0) is 11.3. The lowest BCUT2D eigenvalue weighted by Crippen LogP contribution is -2.31. The summed E-state index contributed by atoms with van der Waals surface area (Å²) in [5.41, 5.74) is 6.41. The Bertz CT molecular complexity index is 313. The van der Waals surface area contributed by atoms with Crippen LogP contribution in [0, 0.1) is 6.92 Å². The first-order chi connectivity index (χ1) is 7.20. The van der Waals surface area contributed by atoms with Gasteiger partial charge in [-0.3, -0.25) is 0 Å². The molecule has 0 spiro atoms. The van der Waals surface area contributed by atoms with Gasteiger partial charge in [-0.2, -0.15) is 0 Å². The zero-order valence-electron chi connectivity index (χ0n) is 8.72. The van der Waals surface area contributed by atoms with Crippen molar-refractivity contribution in [2.75, 3.05) is 36.9 Å². The molecule has 0 aliphatic rings. The molecule has 0 aliphatic carbocycles. The van der Waals surface area contributed by atoms with Crippen LogP contribution in [0.3, 0.4) is 0 Å². The summed E-state index contributed by atoms with van der Waals surface area (Å²) >= 11 is 0. The molecule has 0 fully saturated rings. The van der Waals surface area contributed by atoms with Crippen LogP contribution in [-0.2, 0) is 0 Å². The Morgan fingerprint density at radius 2 is 1.87 bits per heavy atom. The summed E-state index contributed by atoms with van der Waals surface area (Å²) in [7, 11) is 0. The third-order valence-electron chi connectivity index (χ3n) is 2.14. The van der Waals surface area contributed by atoms with Crippen molar-refractivity contribution in [3.8, 4) is 0 Å². The second kappa shape index (κ2) is 5.47. The first-order valence-electron chi connectivity index (χ1n) is 4.74. The molecule has 84 valence electrons. The molecule has 1 rings (SSSR count). The fourth-order valence-corrected chi connectivity index (χ4v) is 1.34. The predicted octanol–water partition coefficient (Wildman–Crippen LogP) is -0.842. The standard InChI is InChI=1S/C9H16N4O2/c1-7-8(10)11-6-12-9(7)13(2-4-14)3-5-15/h6,14-15H,2-5H2,1H3,(H2,10,11,12). The van der Waals surface area contributed by atoms with Crippen LogP contribution < -0.4 is 10.6 Å². The molecule has 0 saturated carbocycles. The van der Waals surface area contributed by atoms with Crippen LogP contribution in [0.15, 0.2) is 6.33 Å². The molecule has 0 bridgehead atoms. The van der Waals surface area contributed by atoms with Gasteiger partial charge in [0.1, 0.15) is 18.0 Å².